The second kappa shape index (κ2) is 26.8. The van der Waals surface area contributed by atoms with Crippen molar-refractivity contribution in [1.29, 1.82) is 0 Å². The Balaban J connectivity index is 0.861. The predicted molar refractivity (Wildman–Crippen MR) is 345 cm³/mol. The van der Waals surface area contributed by atoms with E-state index in [4.69, 9.17) is 0 Å². The highest BCUT2D eigenvalue weighted by atomic mass is 32.2. The standard InChI is InChI=1S/C60H42N10O19S6/c71-70(46-24-16-40(60(36-46)95(87,88)89)12-11-38-14-18-44(34-58(38)93(81,82)83)64-68-56-32-30-54(50-6-2-4-8-52(50)56)66-62-42-22-27-48(28-23-42)91(75,76)77)69-45-19-15-39(59(35-45)94(84,85)86)10-9-37-13-17-43(33-57(37)92(78,79)80)63-67-55-31-29-53(49-5-1-3-7-51(49)55)65-61-41-20-25-47(26-21-41)90(72,73)74/h1-36H,(H,72,73,74)(H,75,76,77)(H,78,79,80)(H,81,82,83)(H,84,85,86)(H,87,88,89)/b10-9+,12-11+,65-61?,66-62?,67-63?,68-64?,70-69?. The molecule has 10 rings (SSSR count). The lowest BCUT2D eigenvalue weighted by atomic mass is 10.1. The summed E-state index contributed by atoms with van der Waals surface area (Å²) < 4.78 is 207. The highest BCUT2D eigenvalue weighted by Crippen LogP contribution is 2.39. The van der Waals surface area contributed by atoms with Gasteiger partial charge in [0, 0.05) is 38.8 Å². The van der Waals surface area contributed by atoms with Crippen molar-refractivity contribution >= 4 is 163 Å². The lowest BCUT2D eigenvalue weighted by Crippen LogP contribution is -2.03. The zero-order valence-electron chi connectivity index (χ0n) is 47.7. The van der Waals surface area contributed by atoms with Gasteiger partial charge in [-0.25, -0.2) is 0 Å². The first-order chi connectivity index (χ1) is 44.8. The second-order valence-electron chi connectivity index (χ2n) is 19.9. The normalized spacial score (nSPS) is 13.3. The number of benzene rings is 10. The molecule has 0 radical (unpaired) electrons. The number of fused-ring (bicyclic) bond motifs is 2. The van der Waals surface area contributed by atoms with Crippen LogP contribution in [0.5, 0.6) is 0 Å². The molecule has 0 saturated heterocycles. The van der Waals surface area contributed by atoms with E-state index in [0.717, 1.165) is 91.0 Å². The maximum absolute atomic E-state index is 13.5. The van der Waals surface area contributed by atoms with Crippen molar-refractivity contribution in [2.45, 2.75) is 29.4 Å². The van der Waals surface area contributed by atoms with Crippen molar-refractivity contribution in [2.75, 3.05) is 0 Å². The molecular formula is C60H42N10O19S6. The fraction of sp³-hybridized carbons (Fsp3) is 0. The molecule has 482 valence electrons. The largest absolute Gasteiger partial charge is 0.594 e. The van der Waals surface area contributed by atoms with E-state index < -0.39 is 91.7 Å². The average molecular weight is 1400 g/mol. The van der Waals surface area contributed by atoms with Crippen molar-refractivity contribution in [3.05, 3.63) is 222 Å². The summed E-state index contributed by atoms with van der Waals surface area (Å²) in [4.78, 5) is -3.98. The minimum Gasteiger partial charge on any atom is -0.594 e. The van der Waals surface area contributed by atoms with Gasteiger partial charge >= 0.3 is 0 Å². The van der Waals surface area contributed by atoms with Gasteiger partial charge in [0.2, 0.25) is 5.69 Å². The van der Waals surface area contributed by atoms with Gasteiger partial charge in [-0.15, -0.1) is 20.5 Å². The monoisotopic (exact) mass is 1400 g/mol. The molecule has 0 aliphatic heterocycles. The summed E-state index contributed by atoms with van der Waals surface area (Å²) in [6, 6.07) is 42.6. The first kappa shape index (κ1) is 67.4. The van der Waals surface area contributed by atoms with Gasteiger partial charge in [-0.05, 0) is 138 Å². The topological polar surface area (TPSA) is 464 Å². The number of hydrogen-bond donors (Lipinski definition) is 6. The number of rotatable bonds is 20. The first-order valence-corrected chi connectivity index (χ1v) is 35.3. The van der Waals surface area contributed by atoms with E-state index >= 15 is 0 Å². The Morgan fingerprint density at radius 1 is 0.284 bits per heavy atom. The van der Waals surface area contributed by atoms with Crippen molar-refractivity contribution < 1.29 is 82.7 Å². The van der Waals surface area contributed by atoms with Crippen LogP contribution in [0.4, 0.5) is 56.9 Å². The number of azo groups is 5. The van der Waals surface area contributed by atoms with E-state index in [1.165, 1.54) is 48.5 Å². The van der Waals surface area contributed by atoms with Gasteiger partial charge < -0.3 is 5.21 Å². The molecule has 0 fully saturated rings. The predicted octanol–water partition coefficient (Wildman–Crippen LogP) is 15.4. The summed E-state index contributed by atoms with van der Waals surface area (Å²) in [5, 5.41) is 53.1. The minimum absolute atomic E-state index is 0.0647. The zero-order chi connectivity index (χ0) is 68.3. The SMILES string of the molecule is O=S(=O)(O)c1ccc(N=Nc2ccc(N=Nc3ccc(/C=C/c4ccc(N=[N+]([O-])c5ccc(/C=C/c6ccc(N=Nc7ccc(N=Nc8ccc(S(=O)(=O)O)cc8)c8ccccc78)cc6S(=O)(=O)O)c(S(=O)(=O)O)c5)cc4S(=O)(=O)O)c(S(=O)(=O)O)c3)c3ccccc23)cc1. The fourth-order valence-corrected chi connectivity index (χ4v) is 12.8. The summed E-state index contributed by atoms with van der Waals surface area (Å²) in [6.45, 7) is 0. The Bertz CT molecular complexity index is 5740. The molecule has 10 aromatic carbocycles. The average Bonchev–Trinajstić information content (AvgIpc) is 0.831. The summed E-state index contributed by atoms with van der Waals surface area (Å²) in [6.07, 6.45) is 4.25. The smallest absolute Gasteiger partial charge is 0.295 e. The second-order valence-corrected chi connectivity index (χ2v) is 28.3. The number of hydrogen-bond acceptors (Lipinski definition) is 22. The van der Waals surface area contributed by atoms with Crippen LogP contribution in [0.15, 0.2) is 270 Å². The van der Waals surface area contributed by atoms with Crippen LogP contribution >= 0.6 is 0 Å². The maximum atomic E-state index is 13.5. The van der Waals surface area contributed by atoms with E-state index in [-0.39, 0.29) is 59.7 Å². The molecule has 0 aromatic heterocycles. The molecule has 0 aliphatic rings. The van der Waals surface area contributed by atoms with Gasteiger partial charge in [0.25, 0.3) is 60.7 Å². The van der Waals surface area contributed by atoms with Crippen LogP contribution in [0, 0.1) is 5.21 Å². The molecule has 0 heterocycles. The van der Waals surface area contributed by atoms with Gasteiger partial charge in [-0.2, -0.15) is 71.0 Å². The summed E-state index contributed by atoms with van der Waals surface area (Å²) in [7, 11) is -29.2. The molecule has 0 saturated carbocycles. The lowest BCUT2D eigenvalue weighted by Gasteiger charge is -2.08. The fourth-order valence-electron chi connectivity index (χ4n) is 9.06. The third kappa shape index (κ3) is 16.5. The molecule has 0 unspecified atom stereocenters. The van der Waals surface area contributed by atoms with Crippen LogP contribution in [0.3, 0.4) is 0 Å². The molecule has 0 aliphatic carbocycles. The van der Waals surface area contributed by atoms with Gasteiger partial charge in [0.1, 0.15) is 25.3 Å². The summed E-state index contributed by atoms with van der Waals surface area (Å²) in [5.41, 5.74) is -0.226. The Hall–Kier alpha value is -10.5. The van der Waals surface area contributed by atoms with Crippen LogP contribution in [0.25, 0.3) is 45.8 Å². The van der Waals surface area contributed by atoms with Crippen molar-refractivity contribution in [2.24, 2.45) is 46.0 Å². The Morgan fingerprint density at radius 3 is 0.853 bits per heavy atom. The van der Waals surface area contributed by atoms with Crippen molar-refractivity contribution in [1.82, 2.24) is 0 Å². The van der Waals surface area contributed by atoms with E-state index in [9.17, 15) is 83.0 Å². The molecule has 0 spiro atoms. The molecule has 0 amide bonds. The van der Waals surface area contributed by atoms with Gasteiger partial charge in [-0.3, -0.25) is 27.3 Å². The molecule has 6 N–H and O–H groups in total. The zero-order valence-corrected chi connectivity index (χ0v) is 52.6. The molecule has 0 atom stereocenters. The minimum atomic E-state index is -5.19. The van der Waals surface area contributed by atoms with Gasteiger partial charge in [0.05, 0.1) is 55.3 Å². The molecule has 35 heteroatoms. The van der Waals surface area contributed by atoms with Crippen LogP contribution in [-0.4, -0.2) is 82.7 Å². The molecule has 95 heavy (non-hydrogen) atoms. The number of nitrogens with zero attached hydrogens (tertiary/aromatic N) is 10. The first-order valence-electron chi connectivity index (χ1n) is 26.6. The Morgan fingerprint density at radius 2 is 0.547 bits per heavy atom. The van der Waals surface area contributed by atoms with E-state index in [2.05, 4.69) is 46.0 Å². The third-order valence-corrected chi connectivity index (χ3v) is 18.9. The highest BCUT2D eigenvalue weighted by molar-refractivity contribution is 7.87. The molecule has 0 bridgehead atoms. The summed E-state index contributed by atoms with van der Waals surface area (Å²) >= 11 is 0. The third-order valence-electron chi connectivity index (χ3n) is 13.5. The van der Waals surface area contributed by atoms with E-state index in [1.807, 2.05) is 0 Å². The van der Waals surface area contributed by atoms with Crippen LogP contribution in [0.2, 0.25) is 0 Å². The van der Waals surface area contributed by atoms with Crippen molar-refractivity contribution in [3.8, 4) is 0 Å². The quantitative estimate of drug-likeness (QED) is 0.0136. The van der Waals surface area contributed by atoms with E-state index in [0.29, 0.717) is 50.4 Å². The van der Waals surface area contributed by atoms with Gasteiger partial charge in [0.15, 0.2) is 0 Å². The van der Waals surface area contributed by atoms with Crippen LogP contribution in [0.1, 0.15) is 22.3 Å². The lowest BCUT2D eigenvalue weighted by molar-refractivity contribution is -0.435. The molecular weight excluding hydrogens is 1360 g/mol. The van der Waals surface area contributed by atoms with Crippen LogP contribution < -0.4 is 0 Å². The Kier molecular flexibility index (Phi) is 19.0. The molecule has 29 nitrogen and oxygen atoms in total. The van der Waals surface area contributed by atoms with Crippen LogP contribution in [-0.2, 0) is 60.7 Å². The van der Waals surface area contributed by atoms with E-state index in [1.54, 1.807) is 72.8 Å². The Labute approximate surface area is 539 Å². The highest BCUT2D eigenvalue weighted by Gasteiger charge is 2.23. The van der Waals surface area contributed by atoms with Gasteiger partial charge in [-0.1, -0.05) is 95.9 Å². The summed E-state index contributed by atoms with van der Waals surface area (Å²) in [5.74, 6) is 0. The van der Waals surface area contributed by atoms with Crippen molar-refractivity contribution in [3.63, 3.8) is 0 Å². The molecule has 10 aromatic rings. The maximum Gasteiger partial charge on any atom is 0.295 e.